The van der Waals surface area contributed by atoms with Gasteiger partial charge < -0.3 is 9.05 Å². The molecular weight excluding hydrogens is 241 g/mol. The first-order chi connectivity index (χ1) is 8.05. The van der Waals surface area contributed by atoms with Crippen LogP contribution in [0.1, 0.15) is 39.0 Å². The minimum Gasteiger partial charge on any atom is -0.311 e. The predicted octanol–water partition coefficient (Wildman–Crippen LogP) is 2.90. The lowest BCUT2D eigenvalue weighted by Gasteiger charge is -2.21. The van der Waals surface area contributed by atoms with Gasteiger partial charge in [0.25, 0.3) is 0 Å². The molecule has 0 aliphatic heterocycles. The van der Waals surface area contributed by atoms with Crippen LogP contribution >= 0.6 is 7.60 Å². The minimum atomic E-state index is -3.48. The van der Waals surface area contributed by atoms with Crippen molar-refractivity contribution in [2.45, 2.75) is 44.7 Å². The van der Waals surface area contributed by atoms with E-state index in [-0.39, 0.29) is 12.2 Å². The molecule has 0 aliphatic carbocycles. The summed E-state index contributed by atoms with van der Waals surface area (Å²) >= 11 is 0. The molecule has 1 unspecified atom stereocenters. The summed E-state index contributed by atoms with van der Waals surface area (Å²) in [5.41, 5.74) is -0.959. The minimum absolute atomic E-state index is 0.135. The molecule has 0 saturated carbocycles. The summed E-state index contributed by atoms with van der Waals surface area (Å²) in [6, 6.07) is 1.86. The number of carbonyl (C=O) groups is 1. The lowest BCUT2D eigenvalue weighted by atomic mass is 10.1. The van der Waals surface area contributed by atoms with E-state index in [0.29, 0.717) is 6.42 Å². The van der Waals surface area contributed by atoms with Gasteiger partial charge in [0.2, 0.25) is 0 Å². The van der Waals surface area contributed by atoms with Gasteiger partial charge in [0, 0.05) is 20.6 Å². The molecule has 0 aromatic carbocycles. The maximum Gasteiger partial charge on any atom is 0.341 e. The Bertz CT molecular complexity index is 316. The molecule has 0 fully saturated rings. The number of carbonyl (C=O) groups excluding carboxylic acids is 1. The predicted molar refractivity (Wildman–Crippen MR) is 64.8 cm³/mol. The van der Waals surface area contributed by atoms with Crippen molar-refractivity contribution in [3.8, 4) is 6.07 Å². The number of Topliss-reactive ketones (excluding diaryl/α,β-unsaturated/α-hetero) is 1. The Morgan fingerprint density at radius 2 is 1.94 bits per heavy atom. The van der Waals surface area contributed by atoms with E-state index in [9.17, 15) is 9.36 Å². The molecule has 0 radical (unpaired) electrons. The van der Waals surface area contributed by atoms with Crippen molar-refractivity contribution in [2.24, 2.45) is 0 Å². The van der Waals surface area contributed by atoms with Gasteiger partial charge in [-0.2, -0.15) is 5.26 Å². The van der Waals surface area contributed by atoms with E-state index in [1.54, 1.807) is 0 Å². The van der Waals surface area contributed by atoms with Crippen molar-refractivity contribution in [3.63, 3.8) is 0 Å². The second-order valence-corrected chi connectivity index (χ2v) is 6.14. The lowest BCUT2D eigenvalue weighted by Crippen LogP contribution is -2.22. The van der Waals surface area contributed by atoms with Gasteiger partial charge >= 0.3 is 7.60 Å². The largest absolute Gasteiger partial charge is 0.341 e. The summed E-state index contributed by atoms with van der Waals surface area (Å²) in [6.07, 6.45) is 2.86. The molecule has 0 saturated heterocycles. The quantitative estimate of drug-likeness (QED) is 0.471. The van der Waals surface area contributed by atoms with Gasteiger partial charge in [0.1, 0.15) is 11.4 Å². The molecule has 0 aliphatic rings. The molecule has 98 valence electrons. The van der Waals surface area contributed by atoms with Crippen LogP contribution in [0.2, 0.25) is 0 Å². The number of rotatable bonds is 9. The van der Waals surface area contributed by atoms with E-state index in [0.717, 1.165) is 19.3 Å². The van der Waals surface area contributed by atoms with Crippen LogP contribution in [0.4, 0.5) is 0 Å². The molecule has 0 N–H and O–H groups in total. The molecule has 0 bridgehead atoms. The van der Waals surface area contributed by atoms with Gasteiger partial charge in [-0.25, -0.2) is 0 Å². The summed E-state index contributed by atoms with van der Waals surface area (Å²) in [5, 5.41) is 8.68. The molecule has 0 heterocycles. The lowest BCUT2D eigenvalue weighted by molar-refractivity contribution is -0.119. The van der Waals surface area contributed by atoms with E-state index in [1.807, 2.05) is 13.0 Å². The van der Waals surface area contributed by atoms with E-state index in [1.165, 1.54) is 14.2 Å². The van der Waals surface area contributed by atoms with Crippen molar-refractivity contribution >= 4 is 13.4 Å². The monoisotopic (exact) mass is 261 g/mol. The number of nitriles is 1. The summed E-state index contributed by atoms with van der Waals surface area (Å²) in [6.45, 7) is 2.03. The first-order valence-corrected chi connectivity index (χ1v) is 7.27. The summed E-state index contributed by atoms with van der Waals surface area (Å²) in [5.74, 6) is -0.216. The first-order valence-electron chi connectivity index (χ1n) is 5.66. The number of ketones is 1. The molecular formula is C11H20NO4P. The Morgan fingerprint density at radius 3 is 2.35 bits per heavy atom. The zero-order valence-corrected chi connectivity index (χ0v) is 11.5. The fraction of sp³-hybridized carbons (Fsp3) is 0.818. The highest BCUT2D eigenvalue weighted by molar-refractivity contribution is 7.55. The second kappa shape index (κ2) is 8.41. The van der Waals surface area contributed by atoms with Crippen LogP contribution in [-0.2, 0) is 18.4 Å². The van der Waals surface area contributed by atoms with Gasteiger partial charge in [0.05, 0.1) is 12.5 Å². The van der Waals surface area contributed by atoms with Crippen molar-refractivity contribution in [2.75, 3.05) is 14.2 Å². The molecule has 0 amide bonds. The summed E-state index contributed by atoms with van der Waals surface area (Å²) < 4.78 is 21.7. The van der Waals surface area contributed by atoms with Crippen LogP contribution in [0.3, 0.4) is 0 Å². The highest BCUT2D eigenvalue weighted by Gasteiger charge is 2.38. The molecule has 0 rings (SSSR count). The molecule has 1 atom stereocenters. The molecule has 5 nitrogen and oxygen atoms in total. The van der Waals surface area contributed by atoms with E-state index >= 15 is 0 Å². The molecule has 0 spiro atoms. The summed E-state index contributed by atoms with van der Waals surface area (Å²) in [7, 11) is -1.02. The second-order valence-electron chi connectivity index (χ2n) is 3.71. The van der Waals surface area contributed by atoms with E-state index in [2.05, 4.69) is 0 Å². The van der Waals surface area contributed by atoms with Gasteiger partial charge in [-0.1, -0.05) is 19.8 Å². The molecule has 17 heavy (non-hydrogen) atoms. The highest BCUT2D eigenvalue weighted by Crippen LogP contribution is 2.53. The van der Waals surface area contributed by atoms with Gasteiger partial charge in [-0.3, -0.25) is 9.36 Å². The Kier molecular flexibility index (Phi) is 8.07. The molecule has 6 heteroatoms. The fourth-order valence-electron chi connectivity index (χ4n) is 1.53. The van der Waals surface area contributed by atoms with Crippen molar-refractivity contribution < 1.29 is 18.4 Å². The normalized spacial score (nSPS) is 13.1. The Morgan fingerprint density at radius 1 is 1.35 bits per heavy atom. The van der Waals surface area contributed by atoms with Crippen molar-refractivity contribution in [1.29, 1.82) is 5.26 Å². The third-order valence-corrected chi connectivity index (χ3v) is 4.83. The van der Waals surface area contributed by atoms with E-state index < -0.39 is 13.3 Å². The van der Waals surface area contributed by atoms with Gasteiger partial charge in [0.15, 0.2) is 0 Å². The average molecular weight is 261 g/mol. The highest BCUT2D eigenvalue weighted by atomic mass is 31.2. The molecule has 0 aromatic heterocycles. The zero-order chi connectivity index (χ0) is 13.3. The standard InChI is InChI=1S/C11H20NO4P/c1-4-5-6-7-10(13)11(8-9-12)17(14,15-2)16-3/h11H,4-8H2,1-3H3. The topological polar surface area (TPSA) is 76.4 Å². The van der Waals surface area contributed by atoms with Crippen LogP contribution in [0.5, 0.6) is 0 Å². The SMILES string of the molecule is CCCCCC(=O)C(CC#N)P(=O)(OC)OC. The first kappa shape index (κ1) is 16.3. The average Bonchev–Trinajstić information content (AvgIpc) is 2.35. The number of nitrogens with zero attached hydrogens (tertiary/aromatic N) is 1. The third-order valence-electron chi connectivity index (χ3n) is 2.57. The van der Waals surface area contributed by atoms with Crippen LogP contribution in [0.25, 0.3) is 0 Å². The summed E-state index contributed by atoms with van der Waals surface area (Å²) in [4.78, 5) is 11.9. The fourth-order valence-corrected chi connectivity index (χ4v) is 2.98. The smallest absolute Gasteiger partial charge is 0.311 e. The van der Waals surface area contributed by atoms with Crippen LogP contribution in [0.15, 0.2) is 0 Å². The van der Waals surface area contributed by atoms with Crippen LogP contribution in [-0.4, -0.2) is 25.7 Å². The van der Waals surface area contributed by atoms with Crippen LogP contribution < -0.4 is 0 Å². The van der Waals surface area contributed by atoms with Crippen molar-refractivity contribution in [1.82, 2.24) is 0 Å². The Labute approximate surface area is 103 Å². The number of unbranched alkanes of at least 4 members (excludes halogenated alkanes) is 2. The maximum absolute atomic E-state index is 12.1. The number of hydrogen-bond donors (Lipinski definition) is 0. The maximum atomic E-state index is 12.1. The zero-order valence-electron chi connectivity index (χ0n) is 10.6. The van der Waals surface area contributed by atoms with E-state index in [4.69, 9.17) is 14.3 Å². The molecule has 0 aromatic rings. The van der Waals surface area contributed by atoms with Crippen LogP contribution in [0, 0.1) is 11.3 Å². The van der Waals surface area contributed by atoms with Crippen molar-refractivity contribution in [3.05, 3.63) is 0 Å². The third kappa shape index (κ3) is 4.99. The Hall–Kier alpha value is -0.690. The number of hydrogen-bond acceptors (Lipinski definition) is 5. The van der Waals surface area contributed by atoms with Gasteiger partial charge in [-0.15, -0.1) is 0 Å². The Balaban J connectivity index is 4.67. The van der Waals surface area contributed by atoms with Gasteiger partial charge in [-0.05, 0) is 6.42 Å².